The molecule has 1 amide bonds. The number of hydrogen-bond acceptors (Lipinski definition) is 3. The lowest BCUT2D eigenvalue weighted by Crippen LogP contribution is -2.30. The van der Waals surface area contributed by atoms with Crippen LogP contribution >= 0.6 is 35.0 Å². The zero-order valence-electron chi connectivity index (χ0n) is 11.4. The number of benzene rings is 1. The van der Waals surface area contributed by atoms with Crippen LogP contribution in [0.2, 0.25) is 10.0 Å². The van der Waals surface area contributed by atoms with Gasteiger partial charge in [0.1, 0.15) is 6.61 Å². The van der Waals surface area contributed by atoms with Gasteiger partial charge in [-0.2, -0.15) is 13.2 Å². The number of ether oxygens (including phenoxy) is 1. The first kappa shape index (κ1) is 19.4. The monoisotopic (exact) mass is 375 g/mol. The highest BCUT2D eigenvalue weighted by Crippen LogP contribution is 2.24. The van der Waals surface area contributed by atoms with Crippen molar-refractivity contribution in [3.8, 4) is 0 Å². The minimum absolute atomic E-state index is 0.0389. The first-order valence-electron chi connectivity index (χ1n) is 6.21. The van der Waals surface area contributed by atoms with Gasteiger partial charge in [0.15, 0.2) is 0 Å². The molecule has 0 atom stereocenters. The van der Waals surface area contributed by atoms with E-state index >= 15 is 0 Å². The Hall–Kier alpha value is -0.630. The molecule has 0 heterocycles. The van der Waals surface area contributed by atoms with Crippen LogP contribution in [-0.2, 0) is 15.3 Å². The molecule has 0 saturated carbocycles. The third-order valence-corrected chi connectivity index (χ3v) is 3.91. The fourth-order valence-electron chi connectivity index (χ4n) is 1.39. The first-order chi connectivity index (χ1) is 10.3. The molecule has 1 aromatic rings. The van der Waals surface area contributed by atoms with E-state index < -0.39 is 12.8 Å². The lowest BCUT2D eigenvalue weighted by Gasteiger charge is -2.09. The summed E-state index contributed by atoms with van der Waals surface area (Å²) < 4.78 is 39.7. The Morgan fingerprint density at radius 2 is 2.05 bits per heavy atom. The number of carbonyl (C=O) groups is 1. The Morgan fingerprint density at radius 1 is 1.32 bits per heavy atom. The molecule has 0 aliphatic rings. The van der Waals surface area contributed by atoms with Crippen molar-refractivity contribution >= 4 is 40.9 Å². The number of carbonyl (C=O) groups excluding carboxylic acids is 1. The molecule has 0 aliphatic heterocycles. The first-order valence-corrected chi connectivity index (χ1v) is 8.12. The Balaban J connectivity index is 2.13. The third-order valence-electron chi connectivity index (χ3n) is 2.34. The van der Waals surface area contributed by atoms with Crippen molar-refractivity contribution in [3.63, 3.8) is 0 Å². The number of nitrogens with one attached hydrogen (secondary N) is 1. The van der Waals surface area contributed by atoms with Gasteiger partial charge >= 0.3 is 6.18 Å². The molecule has 1 aromatic carbocycles. The SMILES string of the molecule is O=C(CSCc1ccc(Cl)cc1Cl)NCCOCC(F)(F)F. The highest BCUT2D eigenvalue weighted by Gasteiger charge is 2.27. The molecule has 9 heteroatoms. The third kappa shape index (κ3) is 8.73. The van der Waals surface area contributed by atoms with Crippen LogP contribution < -0.4 is 5.32 Å². The van der Waals surface area contributed by atoms with Crippen LogP contribution in [-0.4, -0.2) is 37.6 Å². The Kier molecular flexibility index (Phi) is 8.38. The zero-order valence-corrected chi connectivity index (χ0v) is 13.7. The van der Waals surface area contributed by atoms with Crippen molar-refractivity contribution in [1.29, 1.82) is 0 Å². The fourth-order valence-corrected chi connectivity index (χ4v) is 2.81. The van der Waals surface area contributed by atoms with Crippen molar-refractivity contribution in [2.24, 2.45) is 0 Å². The van der Waals surface area contributed by atoms with Gasteiger partial charge in [0.25, 0.3) is 0 Å². The predicted octanol–water partition coefficient (Wildman–Crippen LogP) is 3.92. The molecule has 0 aromatic heterocycles. The summed E-state index contributed by atoms with van der Waals surface area (Å²) in [5, 5.41) is 3.54. The molecule has 0 bridgehead atoms. The van der Waals surface area contributed by atoms with Crippen LogP contribution in [0.5, 0.6) is 0 Å². The van der Waals surface area contributed by atoms with E-state index in [1.807, 2.05) is 0 Å². The maximum Gasteiger partial charge on any atom is 0.411 e. The molecule has 0 aliphatic carbocycles. The molecule has 22 heavy (non-hydrogen) atoms. The summed E-state index contributed by atoms with van der Waals surface area (Å²) in [7, 11) is 0. The Morgan fingerprint density at radius 3 is 2.68 bits per heavy atom. The van der Waals surface area contributed by atoms with Gasteiger partial charge in [0.05, 0.1) is 12.4 Å². The van der Waals surface area contributed by atoms with Gasteiger partial charge in [-0.3, -0.25) is 4.79 Å². The summed E-state index contributed by atoms with van der Waals surface area (Å²) in [4.78, 5) is 11.5. The number of amides is 1. The number of rotatable bonds is 8. The van der Waals surface area contributed by atoms with Crippen LogP contribution in [0.25, 0.3) is 0 Å². The summed E-state index contributed by atoms with van der Waals surface area (Å²) in [6.07, 6.45) is -4.35. The second kappa shape index (κ2) is 9.50. The summed E-state index contributed by atoms with van der Waals surface area (Å²) in [5.74, 6) is 0.442. The van der Waals surface area contributed by atoms with E-state index in [9.17, 15) is 18.0 Å². The lowest BCUT2D eigenvalue weighted by atomic mass is 10.2. The van der Waals surface area contributed by atoms with E-state index in [-0.39, 0.29) is 24.8 Å². The van der Waals surface area contributed by atoms with Gasteiger partial charge in [-0.25, -0.2) is 0 Å². The molecule has 0 radical (unpaired) electrons. The van der Waals surface area contributed by atoms with E-state index in [1.54, 1.807) is 18.2 Å². The maximum atomic E-state index is 11.8. The number of thioether (sulfide) groups is 1. The maximum absolute atomic E-state index is 11.8. The standard InChI is InChI=1S/C13H14Cl2F3NO2S/c14-10-2-1-9(11(15)5-10)6-22-7-12(20)19-3-4-21-8-13(16,17)18/h1-2,5H,3-4,6-8H2,(H,19,20). The number of hydrogen-bond donors (Lipinski definition) is 1. The number of halogens is 5. The van der Waals surface area contributed by atoms with Gasteiger partial charge in [-0.15, -0.1) is 11.8 Å². The minimum Gasteiger partial charge on any atom is -0.370 e. The van der Waals surface area contributed by atoms with Crippen molar-refractivity contribution < 1.29 is 22.7 Å². The molecule has 0 saturated heterocycles. The second-order valence-corrected chi connectivity index (χ2v) is 6.08. The van der Waals surface area contributed by atoms with Crippen LogP contribution in [0, 0.1) is 0 Å². The Labute approximate surface area is 140 Å². The smallest absolute Gasteiger partial charge is 0.370 e. The van der Waals surface area contributed by atoms with Crippen molar-refractivity contribution in [2.75, 3.05) is 25.5 Å². The molecular formula is C13H14Cl2F3NO2S. The molecule has 124 valence electrons. The van der Waals surface area contributed by atoms with Gasteiger partial charge in [-0.05, 0) is 17.7 Å². The molecule has 0 fully saturated rings. The highest BCUT2D eigenvalue weighted by molar-refractivity contribution is 7.99. The van der Waals surface area contributed by atoms with Crippen LogP contribution in [0.1, 0.15) is 5.56 Å². The molecule has 3 nitrogen and oxygen atoms in total. The normalized spacial score (nSPS) is 11.5. The number of alkyl halides is 3. The van der Waals surface area contributed by atoms with E-state index in [1.165, 1.54) is 11.8 Å². The van der Waals surface area contributed by atoms with E-state index in [4.69, 9.17) is 23.2 Å². The van der Waals surface area contributed by atoms with Crippen molar-refractivity contribution in [1.82, 2.24) is 5.32 Å². The Bertz CT molecular complexity index is 501. The largest absolute Gasteiger partial charge is 0.411 e. The summed E-state index contributed by atoms with van der Waals surface area (Å²) in [6, 6.07) is 5.11. The van der Waals surface area contributed by atoms with E-state index in [2.05, 4.69) is 10.1 Å². The summed E-state index contributed by atoms with van der Waals surface area (Å²) in [5.41, 5.74) is 0.859. The van der Waals surface area contributed by atoms with Crippen LogP contribution in [0.4, 0.5) is 13.2 Å². The van der Waals surface area contributed by atoms with Crippen LogP contribution in [0.15, 0.2) is 18.2 Å². The summed E-state index contributed by atoms with van der Waals surface area (Å²) >= 11 is 13.1. The lowest BCUT2D eigenvalue weighted by molar-refractivity contribution is -0.173. The van der Waals surface area contributed by atoms with E-state index in [0.29, 0.717) is 15.8 Å². The van der Waals surface area contributed by atoms with Crippen LogP contribution in [0.3, 0.4) is 0 Å². The highest BCUT2D eigenvalue weighted by atomic mass is 35.5. The molecular weight excluding hydrogens is 362 g/mol. The molecule has 0 spiro atoms. The quantitative estimate of drug-likeness (QED) is 0.699. The van der Waals surface area contributed by atoms with Gasteiger partial charge in [0, 0.05) is 22.3 Å². The predicted molar refractivity (Wildman–Crippen MR) is 82.5 cm³/mol. The zero-order chi connectivity index (χ0) is 16.6. The summed E-state index contributed by atoms with van der Waals surface area (Å²) in [6.45, 7) is -1.46. The second-order valence-electron chi connectivity index (χ2n) is 4.25. The average Bonchev–Trinajstić information content (AvgIpc) is 2.39. The van der Waals surface area contributed by atoms with Gasteiger partial charge in [-0.1, -0.05) is 29.3 Å². The van der Waals surface area contributed by atoms with Gasteiger partial charge < -0.3 is 10.1 Å². The van der Waals surface area contributed by atoms with Crippen molar-refractivity contribution in [2.45, 2.75) is 11.9 Å². The van der Waals surface area contributed by atoms with Gasteiger partial charge in [0.2, 0.25) is 5.91 Å². The minimum atomic E-state index is -4.35. The average molecular weight is 376 g/mol. The van der Waals surface area contributed by atoms with Crippen molar-refractivity contribution in [3.05, 3.63) is 33.8 Å². The molecule has 1 N–H and O–H groups in total. The molecule has 0 unspecified atom stereocenters. The topological polar surface area (TPSA) is 38.3 Å². The fraction of sp³-hybridized carbons (Fsp3) is 0.462. The van der Waals surface area contributed by atoms with E-state index in [0.717, 1.165) is 5.56 Å². The molecule has 1 rings (SSSR count).